The van der Waals surface area contributed by atoms with E-state index in [9.17, 15) is 0 Å². The van der Waals surface area contributed by atoms with Crippen LogP contribution in [-0.4, -0.2) is 19.4 Å². The smallest absolute Gasteiger partial charge is 0.195 e. The zero-order chi connectivity index (χ0) is 9.54. The van der Waals surface area contributed by atoms with Gasteiger partial charge in [-0.2, -0.15) is 0 Å². The molecule has 2 aromatic rings. The normalized spacial score (nSPS) is 15.1. The first-order valence-corrected chi connectivity index (χ1v) is 4.94. The number of hydrogen-bond donors (Lipinski definition) is 1. The van der Waals surface area contributed by atoms with E-state index in [0.717, 1.165) is 36.3 Å². The van der Waals surface area contributed by atoms with Gasteiger partial charge in [0.15, 0.2) is 5.88 Å². The van der Waals surface area contributed by atoms with Crippen molar-refractivity contribution < 1.29 is 4.74 Å². The Labute approximate surface area is 83.7 Å². The molecule has 3 rings (SSSR count). The molecule has 0 saturated heterocycles. The van der Waals surface area contributed by atoms with Gasteiger partial charge in [-0.05, 0) is 18.9 Å². The average molecular weight is 184 g/mol. The molecule has 69 valence electrons. The molecule has 1 aliphatic heterocycles. The number of fused-ring (bicyclic) bond motifs is 3. The molecule has 0 aliphatic carbocycles. The molecule has 1 radical (unpaired) electrons. The lowest BCUT2D eigenvalue weighted by molar-refractivity contribution is 0.280. The van der Waals surface area contributed by atoms with E-state index in [4.69, 9.17) is 4.74 Å². The average Bonchev–Trinajstić information content (AvgIpc) is 2.56. The van der Waals surface area contributed by atoms with E-state index in [1.807, 2.05) is 6.07 Å². The third kappa shape index (κ3) is 1.05. The van der Waals surface area contributed by atoms with Gasteiger partial charge in [-0.25, -0.2) is 0 Å². The van der Waals surface area contributed by atoms with E-state index in [1.165, 1.54) is 10.9 Å². The summed E-state index contributed by atoms with van der Waals surface area (Å²) < 4.78 is 5.57. The van der Waals surface area contributed by atoms with Crippen LogP contribution in [0.2, 0.25) is 0 Å². The molecular formula is C11H11BNO. The Morgan fingerprint density at radius 2 is 2.29 bits per heavy atom. The van der Waals surface area contributed by atoms with Crippen LogP contribution < -0.4 is 10.2 Å². The van der Waals surface area contributed by atoms with Gasteiger partial charge in [0.05, 0.1) is 6.61 Å². The topological polar surface area (TPSA) is 25.0 Å². The Kier molecular flexibility index (Phi) is 1.60. The van der Waals surface area contributed by atoms with E-state index in [2.05, 4.69) is 25.0 Å². The molecule has 0 unspecified atom stereocenters. The SMILES string of the molecule is [BH]c1ccc2[nH]c3c(c2c1)CCCO3. The van der Waals surface area contributed by atoms with Gasteiger partial charge in [0.2, 0.25) is 0 Å². The molecule has 0 bridgehead atoms. The summed E-state index contributed by atoms with van der Waals surface area (Å²) in [5.41, 5.74) is 3.53. The Hall–Kier alpha value is -1.38. The summed E-state index contributed by atoms with van der Waals surface area (Å²) in [6, 6.07) is 6.21. The summed E-state index contributed by atoms with van der Waals surface area (Å²) in [5, 5.41) is 1.27. The van der Waals surface area contributed by atoms with Crippen molar-refractivity contribution in [2.75, 3.05) is 6.61 Å². The van der Waals surface area contributed by atoms with Gasteiger partial charge in [0, 0.05) is 16.5 Å². The second kappa shape index (κ2) is 2.81. The Morgan fingerprint density at radius 1 is 1.36 bits per heavy atom. The first kappa shape index (κ1) is 7.98. The molecule has 1 N–H and O–H groups in total. The molecule has 3 heteroatoms. The van der Waals surface area contributed by atoms with Crippen molar-refractivity contribution >= 4 is 24.2 Å². The third-order valence-electron chi connectivity index (χ3n) is 2.75. The minimum atomic E-state index is 0.830. The van der Waals surface area contributed by atoms with Gasteiger partial charge in [-0.3, -0.25) is 0 Å². The lowest BCUT2D eigenvalue weighted by Gasteiger charge is -2.12. The summed E-state index contributed by atoms with van der Waals surface area (Å²) in [5.74, 6) is 0.955. The van der Waals surface area contributed by atoms with Gasteiger partial charge in [-0.1, -0.05) is 17.6 Å². The Balaban J connectivity index is 2.32. The first-order chi connectivity index (χ1) is 6.84. The second-order valence-corrected chi connectivity index (χ2v) is 3.76. The van der Waals surface area contributed by atoms with E-state index >= 15 is 0 Å². The number of aryl methyl sites for hydroxylation is 1. The van der Waals surface area contributed by atoms with Crippen LogP contribution >= 0.6 is 0 Å². The highest BCUT2D eigenvalue weighted by atomic mass is 16.5. The molecule has 0 spiro atoms. The van der Waals surface area contributed by atoms with Crippen molar-refractivity contribution in [1.82, 2.24) is 4.98 Å². The number of nitrogens with one attached hydrogen (secondary N) is 1. The molecule has 0 atom stereocenters. The summed E-state index contributed by atoms with van der Waals surface area (Å²) >= 11 is 0. The molecule has 1 aromatic carbocycles. The predicted molar refractivity (Wildman–Crippen MR) is 58.9 cm³/mol. The zero-order valence-corrected chi connectivity index (χ0v) is 7.97. The number of rotatable bonds is 0. The van der Waals surface area contributed by atoms with Crippen LogP contribution in [0.25, 0.3) is 10.9 Å². The summed E-state index contributed by atoms with van der Waals surface area (Å²) in [4.78, 5) is 3.29. The summed E-state index contributed by atoms with van der Waals surface area (Å²) in [6.07, 6.45) is 2.22. The zero-order valence-electron chi connectivity index (χ0n) is 7.97. The molecule has 0 saturated carbocycles. The minimum Gasteiger partial charge on any atom is -0.479 e. The number of aromatic nitrogens is 1. The van der Waals surface area contributed by atoms with Gasteiger partial charge in [0.25, 0.3) is 0 Å². The summed E-state index contributed by atoms with van der Waals surface area (Å²) in [7, 11) is 3.94. The Morgan fingerprint density at radius 3 is 3.21 bits per heavy atom. The standard InChI is InChI=1S/C11H11BNO/c12-7-3-4-10-9(6-7)8-2-1-5-14-11(8)13-10/h3-4,6,12-13H,1-2,5H2. The van der Waals surface area contributed by atoms with Crippen LogP contribution in [0.5, 0.6) is 5.88 Å². The van der Waals surface area contributed by atoms with Crippen molar-refractivity contribution in [3.05, 3.63) is 23.8 Å². The first-order valence-electron chi connectivity index (χ1n) is 4.94. The fraction of sp³-hybridized carbons (Fsp3) is 0.273. The number of hydrogen-bond acceptors (Lipinski definition) is 1. The van der Waals surface area contributed by atoms with Crippen LogP contribution in [0.1, 0.15) is 12.0 Å². The second-order valence-electron chi connectivity index (χ2n) is 3.76. The van der Waals surface area contributed by atoms with Crippen molar-refractivity contribution in [2.24, 2.45) is 0 Å². The van der Waals surface area contributed by atoms with Gasteiger partial charge < -0.3 is 9.72 Å². The van der Waals surface area contributed by atoms with Crippen molar-refractivity contribution in [2.45, 2.75) is 12.8 Å². The number of ether oxygens (including phenoxy) is 1. The highest BCUT2D eigenvalue weighted by Gasteiger charge is 2.15. The van der Waals surface area contributed by atoms with E-state index in [0.29, 0.717) is 0 Å². The molecule has 14 heavy (non-hydrogen) atoms. The molecular weight excluding hydrogens is 173 g/mol. The van der Waals surface area contributed by atoms with E-state index < -0.39 is 0 Å². The van der Waals surface area contributed by atoms with Crippen LogP contribution in [-0.2, 0) is 6.42 Å². The fourth-order valence-electron chi connectivity index (χ4n) is 2.06. The van der Waals surface area contributed by atoms with Crippen LogP contribution in [0.15, 0.2) is 18.2 Å². The van der Waals surface area contributed by atoms with E-state index in [1.54, 1.807) is 0 Å². The maximum atomic E-state index is 5.57. The molecule has 2 nitrogen and oxygen atoms in total. The van der Waals surface area contributed by atoms with E-state index in [-0.39, 0.29) is 0 Å². The number of benzene rings is 1. The number of aromatic amines is 1. The number of H-pyrrole nitrogens is 1. The molecule has 0 fully saturated rings. The fourth-order valence-corrected chi connectivity index (χ4v) is 2.06. The van der Waals surface area contributed by atoms with Crippen LogP contribution in [0, 0.1) is 0 Å². The lowest BCUT2D eigenvalue weighted by atomic mass is 9.93. The maximum absolute atomic E-state index is 5.57. The van der Waals surface area contributed by atoms with Crippen LogP contribution in [0.4, 0.5) is 0 Å². The van der Waals surface area contributed by atoms with Gasteiger partial charge >= 0.3 is 0 Å². The van der Waals surface area contributed by atoms with Gasteiger partial charge in [0.1, 0.15) is 7.85 Å². The van der Waals surface area contributed by atoms with Gasteiger partial charge in [-0.15, -0.1) is 0 Å². The van der Waals surface area contributed by atoms with Crippen molar-refractivity contribution in [3.8, 4) is 5.88 Å². The highest BCUT2D eigenvalue weighted by molar-refractivity contribution is 6.33. The molecule has 1 aliphatic rings. The predicted octanol–water partition coefficient (Wildman–Crippen LogP) is 1.02. The summed E-state index contributed by atoms with van der Waals surface area (Å²) in [6.45, 7) is 0.830. The van der Waals surface area contributed by atoms with Crippen molar-refractivity contribution in [1.29, 1.82) is 0 Å². The highest BCUT2D eigenvalue weighted by Crippen LogP contribution is 2.31. The van der Waals surface area contributed by atoms with Crippen LogP contribution in [0.3, 0.4) is 0 Å². The lowest BCUT2D eigenvalue weighted by Crippen LogP contribution is -2.07. The Bertz CT molecular complexity index is 489. The maximum Gasteiger partial charge on any atom is 0.195 e. The molecule has 1 aromatic heterocycles. The monoisotopic (exact) mass is 184 g/mol. The molecule has 0 amide bonds. The van der Waals surface area contributed by atoms with Crippen molar-refractivity contribution in [3.63, 3.8) is 0 Å². The minimum absolute atomic E-state index is 0.830. The third-order valence-corrected chi connectivity index (χ3v) is 2.75. The molecule has 2 heterocycles. The largest absolute Gasteiger partial charge is 0.479 e. The quantitative estimate of drug-likeness (QED) is 0.607.